The Bertz CT molecular complexity index is 482. The molecule has 0 aromatic carbocycles. The van der Waals surface area contributed by atoms with Crippen molar-refractivity contribution in [2.24, 2.45) is 5.92 Å². The van der Waals surface area contributed by atoms with Gasteiger partial charge in [-0.25, -0.2) is 9.97 Å². The number of nitrogens with one attached hydrogen (secondary N) is 1. The SMILES string of the molecule is CCC1CCCC(Nc2nc(C3CC3)nc(N)c2C)C1. The quantitative estimate of drug-likeness (QED) is 0.880. The van der Waals surface area contributed by atoms with Gasteiger partial charge < -0.3 is 11.1 Å². The highest BCUT2D eigenvalue weighted by molar-refractivity contribution is 5.55. The Morgan fingerprint density at radius 2 is 2.00 bits per heavy atom. The van der Waals surface area contributed by atoms with Crippen molar-refractivity contribution in [1.82, 2.24) is 9.97 Å². The second kappa shape index (κ2) is 5.58. The van der Waals surface area contributed by atoms with Crippen molar-refractivity contribution >= 4 is 11.6 Å². The molecule has 0 amide bonds. The molecule has 4 heteroatoms. The van der Waals surface area contributed by atoms with Gasteiger partial charge in [-0.3, -0.25) is 0 Å². The largest absolute Gasteiger partial charge is 0.383 e. The van der Waals surface area contributed by atoms with Gasteiger partial charge in [0.1, 0.15) is 17.5 Å². The molecule has 2 unspecified atom stereocenters. The van der Waals surface area contributed by atoms with Gasteiger partial charge in [0.15, 0.2) is 0 Å². The number of rotatable bonds is 4. The average molecular weight is 274 g/mol. The van der Waals surface area contributed by atoms with Crippen LogP contribution in [-0.2, 0) is 0 Å². The molecule has 2 aliphatic carbocycles. The summed E-state index contributed by atoms with van der Waals surface area (Å²) in [5.41, 5.74) is 7.06. The number of nitrogens with two attached hydrogens (primary N) is 1. The van der Waals surface area contributed by atoms with Crippen molar-refractivity contribution in [3.05, 3.63) is 11.4 Å². The monoisotopic (exact) mass is 274 g/mol. The third kappa shape index (κ3) is 2.89. The first-order valence-corrected chi connectivity index (χ1v) is 8.08. The summed E-state index contributed by atoms with van der Waals surface area (Å²) in [6, 6.07) is 0.550. The van der Waals surface area contributed by atoms with E-state index in [1.165, 1.54) is 44.9 Å². The smallest absolute Gasteiger partial charge is 0.136 e. The van der Waals surface area contributed by atoms with Gasteiger partial charge in [0.2, 0.25) is 0 Å². The summed E-state index contributed by atoms with van der Waals surface area (Å²) in [5, 5.41) is 3.65. The minimum atomic E-state index is 0.549. The number of hydrogen-bond acceptors (Lipinski definition) is 4. The van der Waals surface area contributed by atoms with E-state index in [9.17, 15) is 0 Å². The molecular weight excluding hydrogens is 248 g/mol. The Morgan fingerprint density at radius 3 is 2.70 bits per heavy atom. The normalized spacial score (nSPS) is 26.5. The first kappa shape index (κ1) is 13.7. The van der Waals surface area contributed by atoms with Gasteiger partial charge in [0.25, 0.3) is 0 Å². The first-order chi connectivity index (χ1) is 9.67. The van der Waals surface area contributed by atoms with Crippen molar-refractivity contribution in [2.75, 3.05) is 11.1 Å². The van der Waals surface area contributed by atoms with Crippen LogP contribution < -0.4 is 11.1 Å². The predicted octanol–water partition coefficient (Wildman–Crippen LogP) is 3.63. The Labute approximate surface area is 121 Å². The molecule has 110 valence electrons. The van der Waals surface area contributed by atoms with Crippen molar-refractivity contribution in [1.29, 1.82) is 0 Å². The summed E-state index contributed by atoms with van der Waals surface area (Å²) in [4.78, 5) is 9.18. The molecule has 20 heavy (non-hydrogen) atoms. The van der Waals surface area contributed by atoms with Crippen LogP contribution in [0.15, 0.2) is 0 Å². The fourth-order valence-electron chi connectivity index (χ4n) is 3.20. The summed E-state index contributed by atoms with van der Waals surface area (Å²) >= 11 is 0. The van der Waals surface area contributed by atoms with Crippen molar-refractivity contribution < 1.29 is 0 Å². The zero-order chi connectivity index (χ0) is 14.1. The molecule has 0 aliphatic heterocycles. The molecule has 2 aliphatic rings. The van der Waals surface area contributed by atoms with Crippen LogP contribution in [-0.4, -0.2) is 16.0 Å². The standard InChI is InChI=1S/C16H26N4/c1-3-11-5-4-6-13(9-11)18-15-10(2)14(17)19-16(20-15)12-7-8-12/h11-13H,3-9H2,1-2H3,(H3,17,18,19,20). The van der Waals surface area contributed by atoms with E-state index >= 15 is 0 Å². The Morgan fingerprint density at radius 1 is 1.20 bits per heavy atom. The number of anilines is 2. The average Bonchev–Trinajstić information content (AvgIpc) is 3.28. The zero-order valence-corrected chi connectivity index (χ0v) is 12.7. The van der Waals surface area contributed by atoms with Gasteiger partial charge in [0, 0.05) is 17.5 Å². The van der Waals surface area contributed by atoms with Gasteiger partial charge in [-0.05, 0) is 38.5 Å². The van der Waals surface area contributed by atoms with E-state index in [1.807, 2.05) is 6.92 Å². The van der Waals surface area contributed by atoms with Crippen LogP contribution in [0.5, 0.6) is 0 Å². The summed E-state index contributed by atoms with van der Waals surface area (Å²) < 4.78 is 0. The Kier molecular flexibility index (Phi) is 3.81. The summed E-state index contributed by atoms with van der Waals surface area (Å²) in [6.45, 7) is 4.32. The fraction of sp³-hybridized carbons (Fsp3) is 0.750. The Balaban J connectivity index is 1.75. The molecule has 2 saturated carbocycles. The maximum Gasteiger partial charge on any atom is 0.136 e. The van der Waals surface area contributed by atoms with E-state index in [4.69, 9.17) is 10.7 Å². The van der Waals surface area contributed by atoms with E-state index in [2.05, 4.69) is 17.2 Å². The molecule has 3 N–H and O–H groups in total. The lowest BCUT2D eigenvalue weighted by Crippen LogP contribution is -2.28. The first-order valence-electron chi connectivity index (χ1n) is 8.08. The van der Waals surface area contributed by atoms with Crippen LogP contribution in [0.1, 0.15) is 69.2 Å². The molecule has 0 spiro atoms. The molecule has 0 bridgehead atoms. The van der Waals surface area contributed by atoms with Gasteiger partial charge in [-0.2, -0.15) is 0 Å². The Hall–Kier alpha value is -1.32. The van der Waals surface area contributed by atoms with E-state index in [1.54, 1.807) is 0 Å². The third-order valence-electron chi connectivity index (χ3n) is 4.84. The van der Waals surface area contributed by atoms with Gasteiger partial charge >= 0.3 is 0 Å². The minimum Gasteiger partial charge on any atom is -0.383 e. The number of aromatic nitrogens is 2. The molecule has 0 saturated heterocycles. The van der Waals surface area contributed by atoms with Crippen LogP contribution in [0, 0.1) is 12.8 Å². The molecule has 1 aromatic rings. The van der Waals surface area contributed by atoms with Gasteiger partial charge in [-0.15, -0.1) is 0 Å². The van der Waals surface area contributed by atoms with Crippen LogP contribution in [0.3, 0.4) is 0 Å². The molecule has 0 radical (unpaired) electrons. The van der Waals surface area contributed by atoms with Crippen LogP contribution >= 0.6 is 0 Å². The van der Waals surface area contributed by atoms with Crippen molar-refractivity contribution in [2.45, 2.75) is 70.8 Å². The highest BCUT2D eigenvalue weighted by atomic mass is 15.1. The summed E-state index contributed by atoms with van der Waals surface area (Å²) in [7, 11) is 0. The lowest BCUT2D eigenvalue weighted by atomic mass is 9.84. The van der Waals surface area contributed by atoms with Crippen LogP contribution in [0.2, 0.25) is 0 Å². The summed E-state index contributed by atoms with van der Waals surface area (Å²) in [5.74, 6) is 3.98. The molecule has 2 fully saturated rings. The molecule has 3 rings (SSSR count). The lowest BCUT2D eigenvalue weighted by molar-refractivity contribution is 0.327. The second-order valence-corrected chi connectivity index (χ2v) is 6.50. The topological polar surface area (TPSA) is 63.8 Å². The maximum atomic E-state index is 6.05. The number of nitrogen functional groups attached to an aromatic ring is 1. The van der Waals surface area contributed by atoms with E-state index in [-0.39, 0.29) is 0 Å². The second-order valence-electron chi connectivity index (χ2n) is 6.50. The lowest BCUT2D eigenvalue weighted by Gasteiger charge is -2.30. The van der Waals surface area contributed by atoms with Gasteiger partial charge in [0.05, 0.1) is 0 Å². The van der Waals surface area contributed by atoms with Crippen LogP contribution in [0.4, 0.5) is 11.6 Å². The minimum absolute atomic E-state index is 0.549. The van der Waals surface area contributed by atoms with E-state index < -0.39 is 0 Å². The summed E-state index contributed by atoms with van der Waals surface area (Å²) in [6.07, 6.45) is 8.93. The highest BCUT2D eigenvalue weighted by Crippen LogP contribution is 2.39. The van der Waals surface area contributed by atoms with Crippen LogP contribution in [0.25, 0.3) is 0 Å². The molecule has 2 atom stereocenters. The molecule has 1 aromatic heterocycles. The van der Waals surface area contributed by atoms with E-state index in [0.717, 1.165) is 23.1 Å². The van der Waals surface area contributed by atoms with Crippen molar-refractivity contribution in [3.63, 3.8) is 0 Å². The van der Waals surface area contributed by atoms with E-state index in [0.29, 0.717) is 17.8 Å². The third-order valence-corrected chi connectivity index (χ3v) is 4.84. The molecule has 1 heterocycles. The predicted molar refractivity (Wildman–Crippen MR) is 82.8 cm³/mol. The zero-order valence-electron chi connectivity index (χ0n) is 12.7. The number of hydrogen-bond donors (Lipinski definition) is 2. The molecule has 4 nitrogen and oxygen atoms in total. The highest BCUT2D eigenvalue weighted by Gasteiger charge is 2.28. The fourth-order valence-corrected chi connectivity index (χ4v) is 3.20. The van der Waals surface area contributed by atoms with Crippen molar-refractivity contribution in [3.8, 4) is 0 Å². The number of nitrogens with zero attached hydrogens (tertiary/aromatic N) is 2. The maximum absolute atomic E-state index is 6.05. The van der Waals surface area contributed by atoms with Gasteiger partial charge in [-0.1, -0.05) is 26.2 Å². The molecular formula is C16H26N4.